The third-order valence-corrected chi connectivity index (χ3v) is 3.86. The summed E-state index contributed by atoms with van der Waals surface area (Å²) >= 11 is 0. The van der Waals surface area contributed by atoms with Gasteiger partial charge < -0.3 is 14.2 Å². The van der Waals surface area contributed by atoms with Crippen molar-refractivity contribution in [1.82, 2.24) is 0 Å². The standard InChI is InChI=1S/C20H16N2O7/c1-12-8-14(5-6-16(12)22(25)26)20(24)29-17-7-4-13(10-18(17)27-2)9-15(11-21)19(23)28-3/h4-10H,1-3H3/b15-9+. The van der Waals surface area contributed by atoms with Crippen molar-refractivity contribution < 1.29 is 28.7 Å². The summed E-state index contributed by atoms with van der Waals surface area (Å²) < 4.78 is 15.0. The van der Waals surface area contributed by atoms with Gasteiger partial charge in [-0.15, -0.1) is 0 Å². The van der Waals surface area contributed by atoms with Crippen LogP contribution in [0.15, 0.2) is 42.0 Å². The lowest BCUT2D eigenvalue weighted by Gasteiger charge is -2.10. The van der Waals surface area contributed by atoms with Crippen molar-refractivity contribution in [3.63, 3.8) is 0 Å². The summed E-state index contributed by atoms with van der Waals surface area (Å²) in [6, 6.07) is 10.1. The van der Waals surface area contributed by atoms with E-state index in [2.05, 4.69) is 4.74 Å². The van der Waals surface area contributed by atoms with Gasteiger partial charge in [-0.05, 0) is 42.8 Å². The molecule has 0 radical (unpaired) electrons. The number of carbonyl (C=O) groups is 2. The molecule has 0 heterocycles. The molecule has 2 aromatic rings. The quantitative estimate of drug-likeness (QED) is 0.182. The summed E-state index contributed by atoms with van der Waals surface area (Å²) in [6.45, 7) is 1.52. The maximum absolute atomic E-state index is 12.4. The van der Waals surface area contributed by atoms with Crippen LogP contribution in [-0.2, 0) is 9.53 Å². The van der Waals surface area contributed by atoms with E-state index in [0.717, 1.165) is 7.11 Å². The fraction of sp³-hybridized carbons (Fsp3) is 0.150. The third kappa shape index (κ3) is 4.95. The van der Waals surface area contributed by atoms with Crippen molar-refractivity contribution >= 4 is 23.7 Å². The van der Waals surface area contributed by atoms with E-state index in [4.69, 9.17) is 14.7 Å². The number of hydrogen-bond donors (Lipinski definition) is 0. The number of nitriles is 1. The molecule has 0 saturated carbocycles. The number of aryl methyl sites for hydroxylation is 1. The van der Waals surface area contributed by atoms with Gasteiger partial charge in [-0.3, -0.25) is 10.1 Å². The van der Waals surface area contributed by atoms with Gasteiger partial charge in [-0.1, -0.05) is 6.07 Å². The van der Waals surface area contributed by atoms with Crippen LogP contribution in [0.5, 0.6) is 11.5 Å². The topological polar surface area (TPSA) is 129 Å². The molecular weight excluding hydrogens is 380 g/mol. The van der Waals surface area contributed by atoms with E-state index in [1.54, 1.807) is 6.07 Å². The molecule has 0 aliphatic heterocycles. The van der Waals surface area contributed by atoms with E-state index in [1.807, 2.05) is 0 Å². The fourth-order valence-corrected chi connectivity index (χ4v) is 2.42. The van der Waals surface area contributed by atoms with E-state index in [-0.39, 0.29) is 28.3 Å². The molecule has 148 valence electrons. The molecule has 0 atom stereocenters. The predicted octanol–water partition coefficient (Wildman–Crippen LogP) is 3.21. The second-order valence-corrected chi connectivity index (χ2v) is 5.72. The zero-order valence-corrected chi connectivity index (χ0v) is 15.8. The third-order valence-electron chi connectivity index (χ3n) is 3.86. The zero-order valence-electron chi connectivity index (χ0n) is 15.8. The molecule has 0 saturated heterocycles. The fourth-order valence-electron chi connectivity index (χ4n) is 2.42. The van der Waals surface area contributed by atoms with E-state index in [9.17, 15) is 19.7 Å². The minimum atomic E-state index is -0.782. The van der Waals surface area contributed by atoms with Crippen LogP contribution in [0.3, 0.4) is 0 Å². The van der Waals surface area contributed by atoms with Crippen LogP contribution in [0, 0.1) is 28.4 Å². The van der Waals surface area contributed by atoms with Crippen LogP contribution in [0.25, 0.3) is 6.08 Å². The monoisotopic (exact) mass is 396 g/mol. The number of hydrogen-bond acceptors (Lipinski definition) is 8. The number of nitro groups is 1. The second-order valence-electron chi connectivity index (χ2n) is 5.72. The summed E-state index contributed by atoms with van der Waals surface area (Å²) in [4.78, 5) is 34.2. The number of carbonyl (C=O) groups excluding carboxylic acids is 2. The lowest BCUT2D eigenvalue weighted by atomic mass is 10.1. The molecular formula is C20H16N2O7. The molecule has 0 aliphatic carbocycles. The van der Waals surface area contributed by atoms with Gasteiger partial charge in [-0.2, -0.15) is 5.26 Å². The van der Waals surface area contributed by atoms with Crippen LogP contribution in [0.2, 0.25) is 0 Å². The highest BCUT2D eigenvalue weighted by atomic mass is 16.6. The smallest absolute Gasteiger partial charge is 0.348 e. The average molecular weight is 396 g/mol. The van der Waals surface area contributed by atoms with Crippen molar-refractivity contribution in [3.05, 3.63) is 68.8 Å². The summed E-state index contributed by atoms with van der Waals surface area (Å²) in [6.07, 6.45) is 1.31. The molecule has 0 aromatic heterocycles. The molecule has 29 heavy (non-hydrogen) atoms. The van der Waals surface area contributed by atoms with Gasteiger partial charge in [0.25, 0.3) is 5.69 Å². The Kier molecular flexibility index (Phi) is 6.66. The van der Waals surface area contributed by atoms with E-state index < -0.39 is 16.9 Å². The number of rotatable bonds is 6. The molecule has 0 N–H and O–H groups in total. The summed E-state index contributed by atoms with van der Waals surface area (Å²) in [5.74, 6) is -1.22. The van der Waals surface area contributed by atoms with Crippen molar-refractivity contribution in [3.8, 4) is 17.6 Å². The molecule has 0 unspecified atom stereocenters. The molecule has 2 rings (SSSR count). The molecule has 9 nitrogen and oxygen atoms in total. The van der Waals surface area contributed by atoms with Crippen LogP contribution in [0.4, 0.5) is 5.69 Å². The van der Waals surface area contributed by atoms with Gasteiger partial charge >= 0.3 is 11.9 Å². The van der Waals surface area contributed by atoms with Gasteiger partial charge in [-0.25, -0.2) is 9.59 Å². The van der Waals surface area contributed by atoms with E-state index in [0.29, 0.717) is 11.1 Å². The van der Waals surface area contributed by atoms with Gasteiger partial charge in [0.15, 0.2) is 11.5 Å². The minimum Gasteiger partial charge on any atom is -0.493 e. The van der Waals surface area contributed by atoms with Crippen LogP contribution in [0.1, 0.15) is 21.5 Å². The largest absolute Gasteiger partial charge is 0.493 e. The molecule has 9 heteroatoms. The molecule has 0 fully saturated rings. The highest BCUT2D eigenvalue weighted by Gasteiger charge is 2.17. The van der Waals surface area contributed by atoms with Crippen LogP contribution >= 0.6 is 0 Å². The molecule has 0 bridgehead atoms. The Bertz CT molecular complexity index is 1050. The Balaban J connectivity index is 2.30. The minimum absolute atomic E-state index is 0.0993. The highest BCUT2D eigenvalue weighted by molar-refractivity contribution is 5.98. The number of methoxy groups -OCH3 is 2. The Morgan fingerprint density at radius 1 is 1.14 bits per heavy atom. The molecule has 0 aliphatic rings. The highest BCUT2D eigenvalue weighted by Crippen LogP contribution is 2.30. The molecule has 0 spiro atoms. The predicted molar refractivity (Wildman–Crippen MR) is 101 cm³/mol. The Hall–Kier alpha value is -4.19. The number of nitrogens with zero attached hydrogens (tertiary/aromatic N) is 2. The lowest BCUT2D eigenvalue weighted by molar-refractivity contribution is -0.385. The normalized spacial score (nSPS) is 10.6. The first-order valence-corrected chi connectivity index (χ1v) is 8.16. The maximum atomic E-state index is 12.4. The maximum Gasteiger partial charge on any atom is 0.348 e. The van der Waals surface area contributed by atoms with Crippen LogP contribution in [-0.4, -0.2) is 31.1 Å². The Morgan fingerprint density at radius 2 is 1.86 bits per heavy atom. The number of esters is 2. The van der Waals surface area contributed by atoms with Crippen molar-refractivity contribution in [2.24, 2.45) is 0 Å². The molecule has 2 aromatic carbocycles. The summed E-state index contributed by atoms with van der Waals surface area (Å²) in [7, 11) is 2.53. The van der Waals surface area contributed by atoms with Crippen molar-refractivity contribution in [1.29, 1.82) is 5.26 Å². The van der Waals surface area contributed by atoms with Gasteiger partial charge in [0, 0.05) is 11.6 Å². The number of nitro benzene ring substituents is 1. The SMILES string of the molecule is COC(=O)/C(C#N)=C/c1ccc(OC(=O)c2ccc([N+](=O)[O-])c(C)c2)c(OC)c1. The second kappa shape index (κ2) is 9.14. The first-order valence-electron chi connectivity index (χ1n) is 8.16. The number of ether oxygens (including phenoxy) is 3. The van der Waals surface area contributed by atoms with E-state index >= 15 is 0 Å². The molecule has 0 amide bonds. The zero-order chi connectivity index (χ0) is 21.6. The first kappa shape index (κ1) is 21.1. The summed E-state index contributed by atoms with van der Waals surface area (Å²) in [5.41, 5.74) is 0.602. The van der Waals surface area contributed by atoms with E-state index in [1.165, 1.54) is 56.5 Å². The van der Waals surface area contributed by atoms with Gasteiger partial charge in [0.05, 0.1) is 24.7 Å². The lowest BCUT2D eigenvalue weighted by Crippen LogP contribution is -2.10. The van der Waals surface area contributed by atoms with Crippen LogP contribution < -0.4 is 9.47 Å². The van der Waals surface area contributed by atoms with Gasteiger partial charge in [0.1, 0.15) is 11.6 Å². The van der Waals surface area contributed by atoms with Crippen molar-refractivity contribution in [2.75, 3.05) is 14.2 Å². The van der Waals surface area contributed by atoms with Crippen molar-refractivity contribution in [2.45, 2.75) is 6.92 Å². The average Bonchev–Trinajstić information content (AvgIpc) is 2.71. The Morgan fingerprint density at radius 3 is 2.41 bits per heavy atom. The first-order chi connectivity index (χ1) is 13.8. The summed E-state index contributed by atoms with van der Waals surface area (Å²) in [5, 5.41) is 19.9. The van der Waals surface area contributed by atoms with Gasteiger partial charge in [0.2, 0.25) is 0 Å². The Labute approximate surface area is 165 Å². The number of benzene rings is 2.